The van der Waals surface area contributed by atoms with E-state index in [1.54, 1.807) is 0 Å². The van der Waals surface area contributed by atoms with Crippen LogP contribution in [0.2, 0.25) is 0 Å². The molecule has 104 valence electrons. The Hall–Kier alpha value is -2.57. The van der Waals surface area contributed by atoms with E-state index in [0.717, 1.165) is 12.1 Å². The van der Waals surface area contributed by atoms with Crippen LogP contribution in [0.15, 0.2) is 42.6 Å². The first-order valence-electron chi connectivity index (χ1n) is 5.56. The lowest BCUT2D eigenvalue weighted by Gasteiger charge is -2.08. The van der Waals surface area contributed by atoms with Crippen molar-refractivity contribution in [1.82, 2.24) is 4.98 Å². The zero-order valence-corrected chi connectivity index (χ0v) is 10.1. The number of nitrogens with one attached hydrogen (secondary N) is 1. The first-order chi connectivity index (χ1) is 9.36. The second-order valence-electron chi connectivity index (χ2n) is 4.00. The number of alkyl halides is 3. The summed E-state index contributed by atoms with van der Waals surface area (Å²) in [6.45, 7) is 0. The van der Waals surface area contributed by atoms with Gasteiger partial charge < -0.3 is 11.1 Å². The fourth-order valence-corrected chi connectivity index (χ4v) is 1.51. The molecule has 0 bridgehead atoms. The zero-order valence-electron chi connectivity index (χ0n) is 10.1. The first kappa shape index (κ1) is 13.9. The summed E-state index contributed by atoms with van der Waals surface area (Å²) in [5.41, 5.74) is 5.44. The fraction of sp³-hybridized carbons (Fsp3) is 0.0769. The highest BCUT2D eigenvalue weighted by Gasteiger charge is 2.29. The van der Waals surface area contributed by atoms with Crippen molar-refractivity contribution in [2.24, 2.45) is 0 Å². The topological polar surface area (TPSA) is 68.0 Å². The van der Waals surface area contributed by atoms with Crippen molar-refractivity contribution in [3.05, 3.63) is 53.9 Å². The molecular formula is C13H10F3N3O. The molecule has 1 aromatic carbocycles. The zero-order chi connectivity index (χ0) is 14.8. The van der Waals surface area contributed by atoms with Crippen LogP contribution in [0.4, 0.5) is 24.5 Å². The normalized spacial score (nSPS) is 11.2. The number of rotatable bonds is 2. The molecule has 4 nitrogen and oxygen atoms in total. The summed E-state index contributed by atoms with van der Waals surface area (Å²) in [7, 11) is 0. The number of hydrogen-bond donors (Lipinski definition) is 2. The van der Waals surface area contributed by atoms with Crippen LogP contribution in [0.5, 0.6) is 0 Å². The number of pyridine rings is 1. The fourth-order valence-electron chi connectivity index (χ4n) is 1.51. The maximum Gasteiger partial charge on any atom is 0.416 e. The number of amides is 1. The molecule has 1 aromatic heterocycles. The molecule has 0 aliphatic heterocycles. The molecule has 0 spiro atoms. The molecule has 0 saturated heterocycles. The Kier molecular flexibility index (Phi) is 3.60. The Morgan fingerprint density at radius 3 is 2.35 bits per heavy atom. The number of nitrogens with zero attached hydrogens (tertiary/aromatic N) is 1. The maximum absolute atomic E-state index is 12.4. The lowest BCUT2D eigenvalue weighted by atomic mass is 10.2. The largest absolute Gasteiger partial charge is 0.416 e. The van der Waals surface area contributed by atoms with Crippen LogP contribution in [0.3, 0.4) is 0 Å². The summed E-state index contributed by atoms with van der Waals surface area (Å²) in [6, 6.07) is 7.03. The first-order valence-corrected chi connectivity index (χ1v) is 5.56. The van der Waals surface area contributed by atoms with Crippen molar-refractivity contribution in [3.63, 3.8) is 0 Å². The number of benzene rings is 1. The van der Waals surface area contributed by atoms with Crippen LogP contribution >= 0.6 is 0 Å². The molecular weight excluding hydrogens is 271 g/mol. The molecule has 0 atom stereocenters. The summed E-state index contributed by atoms with van der Waals surface area (Å²) in [4.78, 5) is 15.6. The van der Waals surface area contributed by atoms with Crippen molar-refractivity contribution in [2.75, 3.05) is 11.1 Å². The molecule has 7 heteroatoms. The van der Waals surface area contributed by atoms with Crippen molar-refractivity contribution >= 4 is 17.3 Å². The van der Waals surface area contributed by atoms with Gasteiger partial charge in [-0.1, -0.05) is 0 Å². The minimum atomic E-state index is -4.40. The number of nitrogens with two attached hydrogens (primary N) is 1. The lowest BCUT2D eigenvalue weighted by Crippen LogP contribution is -2.14. The van der Waals surface area contributed by atoms with Crippen molar-refractivity contribution in [3.8, 4) is 0 Å². The van der Waals surface area contributed by atoms with E-state index < -0.39 is 17.6 Å². The third-order valence-electron chi connectivity index (χ3n) is 2.49. The molecule has 3 N–H and O–H groups in total. The molecule has 0 aliphatic rings. The van der Waals surface area contributed by atoms with E-state index in [2.05, 4.69) is 10.3 Å². The average molecular weight is 281 g/mol. The van der Waals surface area contributed by atoms with E-state index in [1.165, 1.54) is 30.5 Å². The van der Waals surface area contributed by atoms with Crippen LogP contribution in [0.25, 0.3) is 0 Å². The Morgan fingerprint density at radius 1 is 1.15 bits per heavy atom. The van der Waals surface area contributed by atoms with Crippen LogP contribution in [-0.4, -0.2) is 10.9 Å². The van der Waals surface area contributed by atoms with E-state index in [1.807, 2.05) is 0 Å². The van der Waals surface area contributed by atoms with Gasteiger partial charge in [0.15, 0.2) is 0 Å². The van der Waals surface area contributed by atoms with E-state index in [9.17, 15) is 18.0 Å². The predicted molar refractivity (Wildman–Crippen MR) is 68.0 cm³/mol. The van der Waals surface area contributed by atoms with Crippen LogP contribution < -0.4 is 11.1 Å². The van der Waals surface area contributed by atoms with Gasteiger partial charge in [-0.05, 0) is 36.4 Å². The van der Waals surface area contributed by atoms with Crippen molar-refractivity contribution in [2.45, 2.75) is 6.18 Å². The van der Waals surface area contributed by atoms with Crippen LogP contribution in [-0.2, 0) is 6.18 Å². The quantitative estimate of drug-likeness (QED) is 0.889. The van der Waals surface area contributed by atoms with Gasteiger partial charge in [-0.25, -0.2) is 0 Å². The minimum absolute atomic E-state index is 0.0879. The standard InChI is InChI=1S/C13H10F3N3O/c14-13(15,16)8-1-3-10(4-2-8)19-12(20)11-7-9(17)5-6-18-11/h1-7H,(H2,17,18)(H,19,20). The van der Waals surface area contributed by atoms with Gasteiger partial charge in [-0.2, -0.15) is 13.2 Å². The van der Waals surface area contributed by atoms with Gasteiger partial charge in [-0.15, -0.1) is 0 Å². The highest BCUT2D eigenvalue weighted by molar-refractivity contribution is 6.03. The third-order valence-corrected chi connectivity index (χ3v) is 2.49. The van der Waals surface area contributed by atoms with Crippen molar-refractivity contribution < 1.29 is 18.0 Å². The van der Waals surface area contributed by atoms with E-state index in [4.69, 9.17) is 5.73 Å². The van der Waals surface area contributed by atoms with Gasteiger partial charge in [0, 0.05) is 17.6 Å². The highest BCUT2D eigenvalue weighted by atomic mass is 19.4. The minimum Gasteiger partial charge on any atom is -0.399 e. The Labute approximate surface area is 112 Å². The van der Waals surface area contributed by atoms with Gasteiger partial charge in [0.1, 0.15) is 5.69 Å². The number of anilines is 2. The number of carbonyl (C=O) groups is 1. The summed E-state index contributed by atoms with van der Waals surface area (Å²) in [6.07, 6.45) is -3.03. The summed E-state index contributed by atoms with van der Waals surface area (Å²) >= 11 is 0. The van der Waals surface area contributed by atoms with E-state index in [0.29, 0.717) is 5.69 Å². The third kappa shape index (κ3) is 3.25. The molecule has 2 rings (SSSR count). The summed E-state index contributed by atoms with van der Waals surface area (Å²) < 4.78 is 37.1. The van der Waals surface area contributed by atoms with Gasteiger partial charge in [0.25, 0.3) is 5.91 Å². The summed E-state index contributed by atoms with van der Waals surface area (Å²) in [5, 5.41) is 2.44. The smallest absolute Gasteiger partial charge is 0.399 e. The van der Waals surface area contributed by atoms with Gasteiger partial charge >= 0.3 is 6.18 Å². The Bertz CT molecular complexity index is 624. The SMILES string of the molecule is Nc1ccnc(C(=O)Nc2ccc(C(F)(F)F)cc2)c1. The molecule has 1 amide bonds. The van der Waals surface area contributed by atoms with Crippen LogP contribution in [0, 0.1) is 0 Å². The van der Waals surface area contributed by atoms with Crippen molar-refractivity contribution in [1.29, 1.82) is 0 Å². The molecule has 0 aliphatic carbocycles. The Balaban J connectivity index is 2.12. The number of nitrogen functional groups attached to an aromatic ring is 1. The monoisotopic (exact) mass is 281 g/mol. The number of aromatic nitrogens is 1. The lowest BCUT2D eigenvalue weighted by molar-refractivity contribution is -0.137. The maximum atomic E-state index is 12.4. The predicted octanol–water partition coefficient (Wildman–Crippen LogP) is 2.93. The number of carbonyl (C=O) groups excluding carboxylic acids is 1. The van der Waals surface area contributed by atoms with Gasteiger partial charge in [0.2, 0.25) is 0 Å². The van der Waals surface area contributed by atoms with Gasteiger partial charge in [-0.3, -0.25) is 9.78 Å². The van der Waals surface area contributed by atoms with E-state index in [-0.39, 0.29) is 11.4 Å². The van der Waals surface area contributed by atoms with E-state index >= 15 is 0 Å². The molecule has 0 fully saturated rings. The van der Waals surface area contributed by atoms with Crippen LogP contribution in [0.1, 0.15) is 16.1 Å². The average Bonchev–Trinajstić information content (AvgIpc) is 2.38. The highest BCUT2D eigenvalue weighted by Crippen LogP contribution is 2.29. The second-order valence-corrected chi connectivity index (χ2v) is 4.00. The summed E-state index contributed by atoms with van der Waals surface area (Å²) in [5.74, 6) is -0.544. The number of halogens is 3. The molecule has 20 heavy (non-hydrogen) atoms. The molecule has 2 aromatic rings. The molecule has 1 heterocycles. The molecule has 0 saturated carbocycles. The molecule has 0 unspecified atom stereocenters. The van der Waals surface area contributed by atoms with Gasteiger partial charge in [0.05, 0.1) is 5.56 Å². The Morgan fingerprint density at radius 2 is 1.80 bits per heavy atom. The number of hydrogen-bond acceptors (Lipinski definition) is 3. The molecule has 0 radical (unpaired) electrons. The second kappa shape index (κ2) is 5.20.